The number of methoxy groups -OCH3 is 3. The number of nitrogens with zero attached hydrogens (tertiary/aromatic N) is 3. The van der Waals surface area contributed by atoms with E-state index < -0.39 is 0 Å². The van der Waals surface area contributed by atoms with Crippen LogP contribution >= 0.6 is 0 Å². The summed E-state index contributed by atoms with van der Waals surface area (Å²) in [6.07, 6.45) is 2.02. The molecule has 2 aromatic rings. The minimum absolute atomic E-state index is 0.318. The summed E-state index contributed by atoms with van der Waals surface area (Å²) in [5.74, 6) is 3.08. The van der Waals surface area contributed by atoms with Crippen LogP contribution < -0.4 is 24.3 Å². The van der Waals surface area contributed by atoms with Crippen LogP contribution in [0.25, 0.3) is 0 Å². The molecule has 1 aliphatic rings. The molecule has 1 N–H and O–H groups in total. The molecule has 158 valence electrons. The van der Waals surface area contributed by atoms with Gasteiger partial charge in [-0.25, -0.2) is 0 Å². The lowest BCUT2D eigenvalue weighted by atomic mass is 10.0. The highest BCUT2D eigenvalue weighted by atomic mass is 16.5. The molecule has 0 bridgehead atoms. The van der Waals surface area contributed by atoms with E-state index in [0.29, 0.717) is 30.4 Å². The summed E-state index contributed by atoms with van der Waals surface area (Å²) in [5, 5.41) is 3.41. The van der Waals surface area contributed by atoms with Crippen molar-refractivity contribution in [2.75, 3.05) is 46.3 Å². The summed E-state index contributed by atoms with van der Waals surface area (Å²) in [4.78, 5) is 11.2. The molecule has 2 heterocycles. The van der Waals surface area contributed by atoms with Crippen LogP contribution in [0.4, 0.5) is 5.95 Å². The number of nitrogens with one attached hydrogen (secondary N) is 1. The quantitative estimate of drug-likeness (QED) is 0.686. The monoisotopic (exact) mass is 402 g/mol. The summed E-state index contributed by atoms with van der Waals surface area (Å²) < 4.78 is 21.5. The van der Waals surface area contributed by atoms with Crippen molar-refractivity contribution in [3.05, 3.63) is 29.8 Å². The van der Waals surface area contributed by atoms with Crippen molar-refractivity contribution in [1.82, 2.24) is 14.9 Å². The molecule has 0 radical (unpaired) electrons. The first-order chi connectivity index (χ1) is 14.1. The van der Waals surface area contributed by atoms with Gasteiger partial charge in [0.25, 0.3) is 0 Å². The molecule has 1 aromatic heterocycles. The van der Waals surface area contributed by atoms with Crippen LogP contribution in [-0.2, 0) is 6.54 Å². The molecule has 0 saturated carbocycles. The van der Waals surface area contributed by atoms with Crippen LogP contribution in [0.15, 0.2) is 24.3 Å². The zero-order valence-corrected chi connectivity index (χ0v) is 17.6. The smallest absolute Gasteiger partial charge is 0.229 e. The summed E-state index contributed by atoms with van der Waals surface area (Å²) in [6, 6.07) is 8.13. The van der Waals surface area contributed by atoms with Crippen molar-refractivity contribution in [1.29, 1.82) is 0 Å². The van der Waals surface area contributed by atoms with Crippen LogP contribution in [0, 0.1) is 0 Å². The molecule has 0 unspecified atom stereocenters. The van der Waals surface area contributed by atoms with E-state index in [2.05, 4.69) is 32.3 Å². The highest BCUT2D eigenvalue weighted by Gasteiger charge is 2.21. The van der Waals surface area contributed by atoms with Gasteiger partial charge in [-0.05, 0) is 37.5 Å². The number of anilines is 1. The van der Waals surface area contributed by atoms with E-state index in [1.807, 2.05) is 13.0 Å². The maximum Gasteiger partial charge on any atom is 0.229 e. The van der Waals surface area contributed by atoms with Crippen molar-refractivity contribution < 1.29 is 18.9 Å². The first-order valence-electron chi connectivity index (χ1n) is 9.90. The molecule has 8 heteroatoms. The predicted octanol–water partition coefficient (Wildman–Crippen LogP) is 2.98. The van der Waals surface area contributed by atoms with E-state index in [-0.39, 0.29) is 0 Å². The van der Waals surface area contributed by atoms with Crippen molar-refractivity contribution >= 4 is 5.95 Å². The second-order valence-corrected chi connectivity index (χ2v) is 6.89. The van der Waals surface area contributed by atoms with Gasteiger partial charge in [0.05, 0.1) is 34.0 Å². The Morgan fingerprint density at radius 1 is 0.966 bits per heavy atom. The van der Waals surface area contributed by atoms with Gasteiger partial charge in [0.2, 0.25) is 17.7 Å². The Kier molecular flexibility index (Phi) is 7.35. The third-order valence-electron chi connectivity index (χ3n) is 4.95. The third-order valence-corrected chi connectivity index (χ3v) is 4.95. The van der Waals surface area contributed by atoms with Crippen LogP contribution in [0.2, 0.25) is 0 Å². The Morgan fingerprint density at radius 2 is 1.66 bits per heavy atom. The summed E-state index contributed by atoms with van der Waals surface area (Å²) in [6.45, 7) is 5.48. The molecule has 1 saturated heterocycles. The Morgan fingerprint density at radius 3 is 2.24 bits per heavy atom. The van der Waals surface area contributed by atoms with E-state index in [1.165, 1.54) is 5.56 Å². The zero-order chi connectivity index (χ0) is 20.6. The predicted molar refractivity (Wildman–Crippen MR) is 111 cm³/mol. The number of ether oxygens (including phenoxy) is 4. The second-order valence-electron chi connectivity index (χ2n) is 6.89. The second kappa shape index (κ2) is 10.2. The van der Waals surface area contributed by atoms with Crippen LogP contribution in [0.3, 0.4) is 0 Å². The van der Waals surface area contributed by atoms with Gasteiger partial charge in [0, 0.05) is 25.7 Å². The summed E-state index contributed by atoms with van der Waals surface area (Å²) >= 11 is 0. The largest absolute Gasteiger partial charge is 0.493 e. The van der Waals surface area contributed by atoms with Crippen molar-refractivity contribution in [3.8, 4) is 23.3 Å². The topological polar surface area (TPSA) is 78.0 Å². The van der Waals surface area contributed by atoms with E-state index in [1.54, 1.807) is 27.4 Å². The standard InChI is InChI=1S/C21H30N4O4/c1-5-29-18-12-15(6-7-17(18)26-2)14-25-10-8-16(9-11-25)22-21-23-19(27-3)13-20(24-21)28-4/h6-7,12-13,16H,5,8-11,14H2,1-4H3,(H,22,23,24). The van der Waals surface area contributed by atoms with E-state index in [9.17, 15) is 0 Å². The minimum Gasteiger partial charge on any atom is -0.493 e. The highest BCUT2D eigenvalue weighted by Crippen LogP contribution is 2.29. The number of rotatable bonds is 9. The fourth-order valence-electron chi connectivity index (χ4n) is 3.44. The molecular formula is C21H30N4O4. The number of likely N-dealkylation sites (tertiary alicyclic amines) is 1. The van der Waals surface area contributed by atoms with Crippen molar-refractivity contribution in [2.24, 2.45) is 0 Å². The Balaban J connectivity index is 1.55. The van der Waals surface area contributed by atoms with Gasteiger partial charge in [-0.1, -0.05) is 6.07 Å². The number of hydrogen-bond acceptors (Lipinski definition) is 8. The van der Waals surface area contributed by atoms with Gasteiger partial charge < -0.3 is 24.3 Å². The normalized spacial score (nSPS) is 15.0. The maximum absolute atomic E-state index is 5.69. The average molecular weight is 402 g/mol. The third kappa shape index (κ3) is 5.63. The molecule has 1 aliphatic heterocycles. The van der Waals surface area contributed by atoms with Gasteiger partial charge >= 0.3 is 0 Å². The van der Waals surface area contributed by atoms with Gasteiger partial charge in [0.15, 0.2) is 11.5 Å². The van der Waals surface area contributed by atoms with E-state index >= 15 is 0 Å². The number of hydrogen-bond donors (Lipinski definition) is 1. The van der Waals surface area contributed by atoms with Gasteiger partial charge in [0.1, 0.15) is 0 Å². The lowest BCUT2D eigenvalue weighted by Crippen LogP contribution is -2.39. The molecule has 29 heavy (non-hydrogen) atoms. The molecule has 1 fully saturated rings. The molecular weight excluding hydrogens is 372 g/mol. The lowest BCUT2D eigenvalue weighted by Gasteiger charge is -2.32. The molecule has 3 rings (SSSR count). The zero-order valence-electron chi connectivity index (χ0n) is 17.6. The molecule has 0 aliphatic carbocycles. The molecule has 0 atom stereocenters. The first-order valence-corrected chi connectivity index (χ1v) is 9.90. The molecule has 0 spiro atoms. The van der Waals surface area contributed by atoms with Gasteiger partial charge in [-0.15, -0.1) is 0 Å². The molecule has 1 aromatic carbocycles. The van der Waals surface area contributed by atoms with Crippen LogP contribution in [0.1, 0.15) is 25.3 Å². The van der Waals surface area contributed by atoms with Crippen molar-refractivity contribution in [3.63, 3.8) is 0 Å². The minimum atomic E-state index is 0.318. The van der Waals surface area contributed by atoms with Crippen molar-refractivity contribution in [2.45, 2.75) is 32.4 Å². The maximum atomic E-state index is 5.69. The van der Waals surface area contributed by atoms with Crippen LogP contribution in [-0.4, -0.2) is 61.9 Å². The van der Waals surface area contributed by atoms with Gasteiger partial charge in [-0.2, -0.15) is 9.97 Å². The Hall–Kier alpha value is -2.74. The highest BCUT2D eigenvalue weighted by molar-refractivity contribution is 5.43. The SMILES string of the molecule is CCOc1cc(CN2CCC(Nc3nc(OC)cc(OC)n3)CC2)ccc1OC. The lowest BCUT2D eigenvalue weighted by molar-refractivity contribution is 0.210. The number of piperidine rings is 1. The first kappa shape index (κ1) is 21.0. The Labute approximate surface area is 172 Å². The van der Waals surface area contributed by atoms with E-state index in [4.69, 9.17) is 18.9 Å². The number of aromatic nitrogens is 2. The Bertz CT molecular complexity index is 772. The molecule has 0 amide bonds. The van der Waals surface area contributed by atoms with Gasteiger partial charge in [-0.3, -0.25) is 4.90 Å². The summed E-state index contributed by atoms with van der Waals surface area (Å²) in [5.41, 5.74) is 1.22. The fourth-order valence-corrected chi connectivity index (χ4v) is 3.44. The summed E-state index contributed by atoms with van der Waals surface area (Å²) in [7, 11) is 4.83. The molecule has 8 nitrogen and oxygen atoms in total. The average Bonchev–Trinajstić information content (AvgIpc) is 2.75. The fraction of sp³-hybridized carbons (Fsp3) is 0.524. The van der Waals surface area contributed by atoms with Crippen LogP contribution in [0.5, 0.6) is 23.3 Å². The van der Waals surface area contributed by atoms with E-state index in [0.717, 1.165) is 44.0 Å². The number of benzene rings is 1.